The van der Waals surface area contributed by atoms with Gasteiger partial charge in [-0.25, -0.2) is 4.98 Å². The van der Waals surface area contributed by atoms with Crippen LogP contribution >= 0.6 is 0 Å². The highest BCUT2D eigenvalue weighted by atomic mass is 16.5. The van der Waals surface area contributed by atoms with Crippen LogP contribution in [0.25, 0.3) is 0 Å². The normalized spacial score (nSPS) is 17.8. The van der Waals surface area contributed by atoms with E-state index in [-0.39, 0.29) is 12.5 Å². The van der Waals surface area contributed by atoms with Crippen LogP contribution in [-0.2, 0) is 13.0 Å². The molecular weight excluding hydrogens is 252 g/mol. The maximum atomic E-state index is 9.44. The molecule has 3 rings (SSSR count). The summed E-state index contributed by atoms with van der Waals surface area (Å²) in [5, 5.41) is 9.44. The van der Waals surface area contributed by atoms with Gasteiger partial charge in [-0.05, 0) is 30.5 Å². The third-order valence-electron chi connectivity index (χ3n) is 4.06. The van der Waals surface area contributed by atoms with Crippen LogP contribution in [0.5, 0.6) is 5.75 Å². The van der Waals surface area contributed by atoms with Crippen molar-refractivity contribution in [2.45, 2.75) is 31.7 Å². The largest absolute Gasteiger partial charge is 0.497 e. The first-order valence-corrected chi connectivity index (χ1v) is 7.10. The number of hydrogen-bond donors (Lipinski definition) is 1. The Labute approximate surface area is 119 Å². The number of rotatable bonds is 4. The monoisotopic (exact) mass is 272 g/mol. The third-order valence-corrected chi connectivity index (χ3v) is 4.06. The molecule has 1 N–H and O–H groups in total. The lowest BCUT2D eigenvalue weighted by Gasteiger charge is -2.23. The van der Waals surface area contributed by atoms with E-state index in [2.05, 4.69) is 21.7 Å². The number of aliphatic hydroxyl groups is 1. The van der Waals surface area contributed by atoms with Crippen molar-refractivity contribution in [1.82, 2.24) is 9.55 Å². The summed E-state index contributed by atoms with van der Waals surface area (Å²) in [4.78, 5) is 4.55. The lowest BCUT2D eigenvalue weighted by molar-refractivity contribution is 0.240. The molecule has 2 heterocycles. The highest BCUT2D eigenvalue weighted by Gasteiger charge is 2.22. The van der Waals surface area contributed by atoms with Gasteiger partial charge in [-0.3, -0.25) is 0 Å². The average molecular weight is 272 g/mol. The van der Waals surface area contributed by atoms with Crippen molar-refractivity contribution in [3.05, 3.63) is 47.5 Å². The maximum absolute atomic E-state index is 9.44. The SMILES string of the molecule is COc1ccc(Cc2ncc3n2CCCC3CO)cc1. The first kappa shape index (κ1) is 13.2. The number of imidazole rings is 1. The van der Waals surface area contributed by atoms with Crippen molar-refractivity contribution in [3.63, 3.8) is 0 Å². The number of hydrogen-bond acceptors (Lipinski definition) is 3. The molecule has 0 saturated heterocycles. The average Bonchev–Trinajstić information content (AvgIpc) is 2.91. The molecule has 0 spiro atoms. The van der Waals surface area contributed by atoms with Crippen LogP contribution in [0.4, 0.5) is 0 Å². The van der Waals surface area contributed by atoms with Crippen molar-refractivity contribution < 1.29 is 9.84 Å². The van der Waals surface area contributed by atoms with Crippen LogP contribution in [0.3, 0.4) is 0 Å². The number of ether oxygens (including phenoxy) is 1. The van der Waals surface area contributed by atoms with E-state index in [0.717, 1.165) is 37.4 Å². The highest BCUT2D eigenvalue weighted by molar-refractivity contribution is 5.29. The van der Waals surface area contributed by atoms with Gasteiger partial charge in [-0.2, -0.15) is 0 Å². The summed E-state index contributed by atoms with van der Waals surface area (Å²) in [7, 11) is 1.68. The maximum Gasteiger partial charge on any atom is 0.118 e. The second kappa shape index (κ2) is 5.67. The van der Waals surface area contributed by atoms with Gasteiger partial charge in [-0.1, -0.05) is 12.1 Å². The zero-order valence-corrected chi connectivity index (χ0v) is 11.7. The molecule has 1 unspecified atom stereocenters. The predicted molar refractivity (Wildman–Crippen MR) is 77.1 cm³/mol. The summed E-state index contributed by atoms with van der Waals surface area (Å²) < 4.78 is 7.45. The van der Waals surface area contributed by atoms with E-state index >= 15 is 0 Å². The van der Waals surface area contributed by atoms with E-state index in [1.165, 1.54) is 11.3 Å². The summed E-state index contributed by atoms with van der Waals surface area (Å²) in [5.41, 5.74) is 2.41. The number of aromatic nitrogens is 2. The second-order valence-electron chi connectivity index (χ2n) is 5.30. The molecule has 0 fully saturated rings. The van der Waals surface area contributed by atoms with Gasteiger partial charge in [0.1, 0.15) is 11.6 Å². The Morgan fingerprint density at radius 2 is 2.15 bits per heavy atom. The number of benzene rings is 1. The first-order chi connectivity index (χ1) is 9.81. The van der Waals surface area contributed by atoms with Gasteiger partial charge in [0.25, 0.3) is 0 Å². The van der Waals surface area contributed by atoms with Crippen molar-refractivity contribution >= 4 is 0 Å². The van der Waals surface area contributed by atoms with Crippen molar-refractivity contribution in [1.29, 1.82) is 0 Å². The quantitative estimate of drug-likeness (QED) is 0.929. The second-order valence-corrected chi connectivity index (χ2v) is 5.30. The Bertz CT molecular complexity index is 575. The van der Waals surface area contributed by atoms with E-state index in [1.807, 2.05) is 18.3 Å². The Balaban J connectivity index is 1.82. The van der Waals surface area contributed by atoms with Gasteiger partial charge in [0, 0.05) is 30.8 Å². The van der Waals surface area contributed by atoms with Gasteiger partial charge in [0.05, 0.1) is 13.7 Å². The fourth-order valence-electron chi connectivity index (χ4n) is 2.91. The summed E-state index contributed by atoms with van der Waals surface area (Å²) in [6, 6.07) is 8.11. The molecule has 2 aromatic rings. The standard InChI is InChI=1S/C16H20N2O2/c1-20-14-6-4-12(5-7-14)9-16-17-10-15-13(11-19)3-2-8-18(15)16/h4-7,10,13,19H,2-3,8-9,11H2,1H3. The van der Waals surface area contributed by atoms with Gasteiger partial charge in [0.2, 0.25) is 0 Å². The number of aliphatic hydroxyl groups excluding tert-OH is 1. The molecule has 1 aromatic carbocycles. The third kappa shape index (κ3) is 2.43. The Morgan fingerprint density at radius 1 is 1.35 bits per heavy atom. The van der Waals surface area contributed by atoms with Crippen LogP contribution in [0, 0.1) is 0 Å². The van der Waals surface area contributed by atoms with Crippen LogP contribution in [0.2, 0.25) is 0 Å². The predicted octanol–water partition coefficient (Wildman–Crippen LogP) is 2.35. The number of methoxy groups -OCH3 is 1. The molecule has 1 aliphatic rings. The van der Waals surface area contributed by atoms with Crippen molar-refractivity contribution in [2.75, 3.05) is 13.7 Å². The van der Waals surface area contributed by atoms with E-state index in [9.17, 15) is 5.11 Å². The molecule has 0 saturated carbocycles. The fourth-order valence-corrected chi connectivity index (χ4v) is 2.91. The zero-order valence-electron chi connectivity index (χ0n) is 11.7. The summed E-state index contributed by atoms with van der Waals surface area (Å²) >= 11 is 0. The Kier molecular flexibility index (Phi) is 3.74. The molecular formula is C16H20N2O2. The fraction of sp³-hybridized carbons (Fsp3) is 0.438. The Morgan fingerprint density at radius 3 is 2.85 bits per heavy atom. The van der Waals surface area contributed by atoms with E-state index in [1.54, 1.807) is 7.11 Å². The lowest BCUT2D eigenvalue weighted by Crippen LogP contribution is -2.19. The summed E-state index contributed by atoms with van der Waals surface area (Å²) in [5.74, 6) is 2.21. The molecule has 1 aromatic heterocycles. The minimum absolute atomic E-state index is 0.216. The molecule has 4 nitrogen and oxygen atoms in total. The smallest absolute Gasteiger partial charge is 0.118 e. The topological polar surface area (TPSA) is 47.3 Å². The van der Waals surface area contributed by atoms with Gasteiger partial charge < -0.3 is 14.4 Å². The molecule has 0 bridgehead atoms. The van der Waals surface area contributed by atoms with Gasteiger partial charge >= 0.3 is 0 Å². The van der Waals surface area contributed by atoms with E-state index < -0.39 is 0 Å². The van der Waals surface area contributed by atoms with Crippen LogP contribution in [0.15, 0.2) is 30.5 Å². The first-order valence-electron chi connectivity index (χ1n) is 7.10. The lowest BCUT2D eigenvalue weighted by atomic mass is 9.97. The summed E-state index contributed by atoms with van der Waals surface area (Å²) in [6.45, 7) is 1.23. The molecule has 4 heteroatoms. The molecule has 0 radical (unpaired) electrons. The minimum atomic E-state index is 0.216. The molecule has 20 heavy (non-hydrogen) atoms. The number of nitrogens with zero attached hydrogens (tertiary/aromatic N) is 2. The van der Waals surface area contributed by atoms with Crippen LogP contribution < -0.4 is 4.74 Å². The van der Waals surface area contributed by atoms with Crippen molar-refractivity contribution in [2.24, 2.45) is 0 Å². The summed E-state index contributed by atoms with van der Waals surface area (Å²) in [6.07, 6.45) is 4.93. The van der Waals surface area contributed by atoms with Crippen LogP contribution in [-0.4, -0.2) is 28.4 Å². The molecule has 0 amide bonds. The molecule has 1 atom stereocenters. The van der Waals surface area contributed by atoms with Gasteiger partial charge in [0.15, 0.2) is 0 Å². The molecule has 1 aliphatic heterocycles. The number of fused-ring (bicyclic) bond motifs is 1. The highest BCUT2D eigenvalue weighted by Crippen LogP contribution is 2.28. The van der Waals surface area contributed by atoms with Gasteiger partial charge in [-0.15, -0.1) is 0 Å². The molecule has 106 valence electrons. The Hall–Kier alpha value is -1.81. The zero-order chi connectivity index (χ0) is 13.9. The van der Waals surface area contributed by atoms with E-state index in [4.69, 9.17) is 4.74 Å². The minimum Gasteiger partial charge on any atom is -0.497 e. The van der Waals surface area contributed by atoms with E-state index in [0.29, 0.717) is 0 Å². The molecule has 0 aliphatic carbocycles. The van der Waals surface area contributed by atoms with Crippen LogP contribution in [0.1, 0.15) is 35.8 Å². The van der Waals surface area contributed by atoms with Crippen molar-refractivity contribution in [3.8, 4) is 5.75 Å².